The Bertz CT molecular complexity index is 987. The molecule has 0 radical (unpaired) electrons. The molecule has 1 aromatic carbocycles. The number of benzene rings is 1. The number of imidazole rings is 1. The Morgan fingerprint density at radius 1 is 1.22 bits per heavy atom. The number of thiazole rings is 1. The second-order valence-corrected chi connectivity index (χ2v) is 7.19. The topological polar surface area (TPSA) is 62.1 Å². The zero-order valence-electron chi connectivity index (χ0n) is 15.8. The summed E-state index contributed by atoms with van der Waals surface area (Å²) in [5, 5.41) is 0. The molecule has 0 fully saturated rings. The zero-order chi connectivity index (χ0) is 19.4. The third kappa shape index (κ3) is 4.20. The average Bonchev–Trinajstić information content (AvgIpc) is 3.14. The van der Waals surface area contributed by atoms with Gasteiger partial charge in [-0.2, -0.15) is 0 Å². The van der Waals surface area contributed by atoms with Gasteiger partial charge in [-0.15, -0.1) is 11.3 Å². The van der Waals surface area contributed by atoms with E-state index in [1.54, 1.807) is 55.9 Å². The van der Waals surface area contributed by atoms with Gasteiger partial charge in [-0.25, -0.2) is 4.98 Å². The number of rotatable bonds is 8. The van der Waals surface area contributed by atoms with E-state index in [0.717, 1.165) is 16.3 Å². The zero-order valence-corrected chi connectivity index (χ0v) is 16.6. The fraction of sp³-hybridized carbons (Fsp3) is 0.300. The van der Waals surface area contributed by atoms with E-state index in [1.165, 1.54) is 4.88 Å². The number of methoxy groups -OCH3 is 2. The van der Waals surface area contributed by atoms with Crippen molar-refractivity contribution in [2.45, 2.75) is 13.8 Å². The molecule has 2 heterocycles. The van der Waals surface area contributed by atoms with Crippen LogP contribution >= 0.6 is 11.3 Å². The van der Waals surface area contributed by atoms with Crippen molar-refractivity contribution >= 4 is 28.2 Å². The minimum Gasteiger partial charge on any atom is -0.493 e. The minimum absolute atomic E-state index is 0.113. The molecule has 0 atom stereocenters. The third-order valence-electron chi connectivity index (χ3n) is 4.05. The number of aromatic nitrogens is 2. The van der Waals surface area contributed by atoms with Gasteiger partial charge in [-0.05, 0) is 44.2 Å². The van der Waals surface area contributed by atoms with E-state index < -0.39 is 0 Å². The van der Waals surface area contributed by atoms with Gasteiger partial charge in [0.2, 0.25) is 0 Å². The molecule has 3 rings (SSSR count). The fourth-order valence-corrected chi connectivity index (χ4v) is 3.59. The summed E-state index contributed by atoms with van der Waals surface area (Å²) in [5.74, 6) is 0.983. The monoisotopic (exact) mass is 386 g/mol. The number of allylic oxidation sites excluding steroid dienone is 1. The molecule has 0 N–H and O–H groups in total. The molecular weight excluding hydrogens is 364 g/mol. The molecule has 0 saturated heterocycles. The van der Waals surface area contributed by atoms with E-state index in [9.17, 15) is 4.79 Å². The van der Waals surface area contributed by atoms with Crippen LogP contribution in [0.3, 0.4) is 0 Å². The number of fused-ring (bicyclic) bond motifs is 1. The van der Waals surface area contributed by atoms with Crippen LogP contribution in [0.4, 0.5) is 0 Å². The van der Waals surface area contributed by atoms with E-state index in [4.69, 9.17) is 14.2 Å². The first-order valence-electron chi connectivity index (χ1n) is 8.50. The Balaban J connectivity index is 1.80. The normalized spacial score (nSPS) is 11.4. The second kappa shape index (κ2) is 8.37. The van der Waals surface area contributed by atoms with Crippen molar-refractivity contribution in [2.24, 2.45) is 0 Å². The predicted molar refractivity (Wildman–Crippen MR) is 106 cm³/mol. The summed E-state index contributed by atoms with van der Waals surface area (Å²) >= 11 is 1.63. The maximum absolute atomic E-state index is 12.6. The van der Waals surface area contributed by atoms with Crippen LogP contribution in [-0.2, 0) is 4.74 Å². The summed E-state index contributed by atoms with van der Waals surface area (Å²) < 4.78 is 17.9. The van der Waals surface area contributed by atoms with Crippen LogP contribution in [0.25, 0.3) is 11.0 Å². The quantitative estimate of drug-likeness (QED) is 0.333. The summed E-state index contributed by atoms with van der Waals surface area (Å²) in [7, 11) is 3.16. The van der Waals surface area contributed by atoms with Crippen LogP contribution in [0.15, 0.2) is 30.5 Å². The van der Waals surface area contributed by atoms with Gasteiger partial charge in [0.15, 0.2) is 22.2 Å². The molecule has 0 spiro atoms. The Kier molecular flexibility index (Phi) is 5.93. The van der Waals surface area contributed by atoms with E-state index in [1.807, 2.05) is 24.4 Å². The number of aryl methyl sites for hydroxylation is 2. The number of nitrogens with zero attached hydrogens (tertiary/aromatic N) is 2. The van der Waals surface area contributed by atoms with Crippen molar-refractivity contribution in [2.75, 3.05) is 27.4 Å². The summed E-state index contributed by atoms with van der Waals surface area (Å²) in [4.78, 5) is 19.2. The number of hydrogen-bond donors (Lipinski definition) is 0. The van der Waals surface area contributed by atoms with E-state index in [-0.39, 0.29) is 5.78 Å². The number of carbonyl (C=O) groups is 1. The highest BCUT2D eigenvalue weighted by molar-refractivity contribution is 7.17. The van der Waals surface area contributed by atoms with Crippen LogP contribution < -0.4 is 9.47 Å². The minimum atomic E-state index is -0.113. The van der Waals surface area contributed by atoms with Gasteiger partial charge >= 0.3 is 0 Å². The van der Waals surface area contributed by atoms with Gasteiger partial charge in [-0.1, -0.05) is 0 Å². The summed E-state index contributed by atoms with van der Waals surface area (Å²) in [6, 6.07) is 5.15. The SMILES string of the molecule is COCCOc1ccc(C(=O)/C=C/c2c(C)nc3sc(C)cn23)cc1OC. The molecule has 7 heteroatoms. The largest absolute Gasteiger partial charge is 0.493 e. The Morgan fingerprint density at radius 2 is 2.04 bits per heavy atom. The van der Waals surface area contributed by atoms with Gasteiger partial charge in [0, 0.05) is 23.7 Å². The highest BCUT2D eigenvalue weighted by atomic mass is 32.1. The Hall–Kier alpha value is -2.64. The maximum atomic E-state index is 12.6. The lowest BCUT2D eigenvalue weighted by Crippen LogP contribution is -2.06. The molecular formula is C20H22N2O4S. The highest BCUT2D eigenvalue weighted by Crippen LogP contribution is 2.28. The molecule has 0 bridgehead atoms. The van der Waals surface area contributed by atoms with Gasteiger partial charge < -0.3 is 14.2 Å². The maximum Gasteiger partial charge on any atom is 0.194 e. The molecule has 27 heavy (non-hydrogen) atoms. The molecule has 0 aliphatic heterocycles. The number of carbonyl (C=O) groups excluding carboxylic acids is 1. The van der Waals surface area contributed by atoms with Crippen molar-refractivity contribution in [3.05, 3.63) is 52.3 Å². The van der Waals surface area contributed by atoms with Crippen molar-refractivity contribution in [1.82, 2.24) is 9.38 Å². The summed E-state index contributed by atoms with van der Waals surface area (Å²) in [6.07, 6.45) is 5.39. The lowest BCUT2D eigenvalue weighted by atomic mass is 10.1. The molecule has 6 nitrogen and oxygen atoms in total. The molecule has 0 aliphatic rings. The summed E-state index contributed by atoms with van der Waals surface area (Å²) in [5.41, 5.74) is 2.33. The first-order chi connectivity index (χ1) is 13.0. The Labute approximate surface area is 162 Å². The lowest BCUT2D eigenvalue weighted by molar-refractivity contribution is 0.104. The first-order valence-corrected chi connectivity index (χ1v) is 9.32. The molecule has 0 saturated carbocycles. The predicted octanol–water partition coefficient (Wildman–Crippen LogP) is 3.94. The number of ether oxygens (including phenoxy) is 3. The van der Waals surface area contributed by atoms with Gasteiger partial charge in [0.25, 0.3) is 0 Å². The van der Waals surface area contributed by atoms with Crippen LogP contribution in [0.1, 0.15) is 26.6 Å². The first kappa shape index (κ1) is 19.1. The van der Waals surface area contributed by atoms with Gasteiger partial charge in [0.1, 0.15) is 6.61 Å². The molecule has 0 unspecified atom stereocenters. The fourth-order valence-electron chi connectivity index (χ4n) is 2.71. The standard InChI is InChI=1S/C20H22N2O4S/c1-13-12-22-16(14(2)21-20(22)27-13)6-7-17(23)15-5-8-18(19(11-15)25-4)26-10-9-24-3/h5-8,11-12H,9-10H2,1-4H3/b7-6+. The third-order valence-corrected chi connectivity index (χ3v) is 4.95. The van der Waals surface area contributed by atoms with Crippen LogP contribution in [0, 0.1) is 13.8 Å². The van der Waals surface area contributed by atoms with Crippen molar-refractivity contribution < 1.29 is 19.0 Å². The number of hydrogen-bond acceptors (Lipinski definition) is 6. The van der Waals surface area contributed by atoms with E-state index in [2.05, 4.69) is 4.98 Å². The smallest absolute Gasteiger partial charge is 0.194 e. The van der Waals surface area contributed by atoms with Gasteiger partial charge in [0.05, 0.1) is 25.1 Å². The van der Waals surface area contributed by atoms with Crippen molar-refractivity contribution in [3.63, 3.8) is 0 Å². The molecule has 0 aliphatic carbocycles. The summed E-state index contributed by atoms with van der Waals surface area (Å²) in [6.45, 7) is 4.87. The molecule has 142 valence electrons. The number of ketones is 1. The van der Waals surface area contributed by atoms with Gasteiger partial charge in [-0.3, -0.25) is 9.20 Å². The second-order valence-electron chi connectivity index (χ2n) is 5.98. The average molecular weight is 386 g/mol. The Morgan fingerprint density at radius 3 is 2.78 bits per heavy atom. The highest BCUT2D eigenvalue weighted by Gasteiger charge is 2.12. The van der Waals surface area contributed by atoms with E-state index >= 15 is 0 Å². The van der Waals surface area contributed by atoms with Crippen LogP contribution in [-0.4, -0.2) is 42.6 Å². The molecule has 3 aromatic rings. The van der Waals surface area contributed by atoms with E-state index in [0.29, 0.717) is 30.3 Å². The van der Waals surface area contributed by atoms with Crippen molar-refractivity contribution in [3.8, 4) is 11.5 Å². The van der Waals surface area contributed by atoms with Crippen molar-refractivity contribution in [1.29, 1.82) is 0 Å². The molecule has 2 aromatic heterocycles. The lowest BCUT2D eigenvalue weighted by Gasteiger charge is -2.11. The van der Waals surface area contributed by atoms with Crippen LogP contribution in [0.2, 0.25) is 0 Å². The van der Waals surface area contributed by atoms with Crippen LogP contribution in [0.5, 0.6) is 11.5 Å². The molecule has 0 amide bonds.